The summed E-state index contributed by atoms with van der Waals surface area (Å²) >= 11 is 1.11. The quantitative estimate of drug-likeness (QED) is 0.375. The monoisotopic (exact) mass is 472 g/mol. The van der Waals surface area contributed by atoms with Crippen molar-refractivity contribution in [3.63, 3.8) is 0 Å². The molecule has 1 aromatic heterocycles. The smallest absolute Gasteiger partial charge is 0.238 e. The molecule has 0 fully saturated rings. The highest BCUT2D eigenvalue weighted by Gasteiger charge is 2.25. The van der Waals surface area contributed by atoms with Crippen LogP contribution in [-0.4, -0.2) is 36.7 Å². The van der Waals surface area contributed by atoms with E-state index in [0.717, 1.165) is 17.3 Å². The molecule has 1 amide bonds. The van der Waals surface area contributed by atoms with Gasteiger partial charge in [-0.3, -0.25) is 4.79 Å². The second-order valence-corrected chi connectivity index (χ2v) is 10.0. The minimum Gasteiger partial charge on any atom is -0.495 e. The van der Waals surface area contributed by atoms with E-state index in [0.29, 0.717) is 17.9 Å². The van der Waals surface area contributed by atoms with Crippen molar-refractivity contribution >= 4 is 39.0 Å². The van der Waals surface area contributed by atoms with Crippen LogP contribution in [0, 0.1) is 6.92 Å². The Kier molecular flexibility index (Phi) is 7.37. The lowest BCUT2D eigenvalue weighted by atomic mass is 10.2. The third kappa shape index (κ3) is 5.20. The lowest BCUT2D eigenvalue weighted by Gasteiger charge is -2.16. The van der Waals surface area contributed by atoms with Gasteiger partial charge in [0.05, 0.1) is 29.1 Å². The lowest BCUT2D eigenvalue weighted by Crippen LogP contribution is -2.25. The van der Waals surface area contributed by atoms with Gasteiger partial charge >= 0.3 is 0 Å². The van der Waals surface area contributed by atoms with E-state index in [-0.39, 0.29) is 26.7 Å². The number of hydrogen-bond donors (Lipinski definition) is 2. The molecule has 8 nitrogen and oxygen atoms in total. The predicted octanol–water partition coefficient (Wildman–Crippen LogP) is 3.72. The Morgan fingerprint density at radius 2 is 1.94 bits per heavy atom. The molecular formula is C22H24N4O4S2. The fourth-order valence-electron chi connectivity index (χ4n) is 2.94. The van der Waals surface area contributed by atoms with Crippen molar-refractivity contribution in [3.05, 3.63) is 60.3 Å². The van der Waals surface area contributed by atoms with E-state index in [2.05, 4.69) is 15.3 Å². The first kappa shape index (κ1) is 23.6. The molecule has 0 unspecified atom stereocenters. The lowest BCUT2D eigenvalue weighted by molar-refractivity contribution is -0.115. The summed E-state index contributed by atoms with van der Waals surface area (Å²) in [6.07, 6.45) is 1.68. The summed E-state index contributed by atoms with van der Waals surface area (Å²) in [5, 5.41) is 2.58. The van der Waals surface area contributed by atoms with Crippen LogP contribution in [-0.2, 0) is 14.6 Å². The summed E-state index contributed by atoms with van der Waals surface area (Å²) in [7, 11) is -2.31. The van der Waals surface area contributed by atoms with Crippen LogP contribution in [0.3, 0.4) is 0 Å². The van der Waals surface area contributed by atoms with Crippen molar-refractivity contribution in [1.82, 2.24) is 9.97 Å². The number of carbonyl (C=O) groups excluding carboxylic acids is 1. The minimum atomic E-state index is -3.84. The predicted molar refractivity (Wildman–Crippen MR) is 125 cm³/mol. The minimum absolute atomic E-state index is 0.105. The standard InChI is InChI=1S/C22H24N4O4S2/c1-4-18(21(27)25-16-12-14(2)10-11-17(16)30-3)31-22-24-13-19(20(23)26-22)32(28,29)15-8-6-5-7-9-15/h5-13,18H,4H2,1-3H3,(H,25,27)(H2,23,24,26)/t18-/m0/s1. The molecule has 0 saturated carbocycles. The summed E-state index contributed by atoms with van der Waals surface area (Å²) in [6, 6.07) is 13.4. The molecule has 3 aromatic rings. The molecule has 10 heteroatoms. The SMILES string of the molecule is CC[C@H](Sc1ncc(S(=O)(=O)c2ccccc2)c(N)n1)C(=O)Nc1cc(C)ccc1OC. The first-order valence-electron chi connectivity index (χ1n) is 9.81. The number of benzene rings is 2. The van der Waals surface area contributed by atoms with Crippen LogP contribution in [0.1, 0.15) is 18.9 Å². The van der Waals surface area contributed by atoms with E-state index in [1.807, 2.05) is 26.0 Å². The van der Waals surface area contributed by atoms with E-state index < -0.39 is 15.1 Å². The number of aryl methyl sites for hydroxylation is 1. The molecule has 0 bridgehead atoms. The number of nitrogen functional groups attached to an aromatic ring is 1. The number of rotatable bonds is 8. The molecule has 1 atom stereocenters. The highest BCUT2D eigenvalue weighted by atomic mass is 32.2. The first-order valence-corrected chi connectivity index (χ1v) is 12.2. The number of thioether (sulfide) groups is 1. The van der Waals surface area contributed by atoms with Gasteiger partial charge < -0.3 is 15.8 Å². The van der Waals surface area contributed by atoms with Crippen LogP contribution in [0.5, 0.6) is 5.75 Å². The van der Waals surface area contributed by atoms with E-state index in [4.69, 9.17) is 10.5 Å². The zero-order valence-electron chi connectivity index (χ0n) is 17.9. The molecule has 32 heavy (non-hydrogen) atoms. The van der Waals surface area contributed by atoms with Gasteiger partial charge in [-0.25, -0.2) is 18.4 Å². The van der Waals surface area contributed by atoms with Crippen LogP contribution in [0.2, 0.25) is 0 Å². The molecule has 168 valence electrons. The molecular weight excluding hydrogens is 448 g/mol. The van der Waals surface area contributed by atoms with E-state index >= 15 is 0 Å². The Balaban J connectivity index is 1.79. The molecule has 0 saturated heterocycles. The number of anilines is 2. The van der Waals surface area contributed by atoms with Gasteiger partial charge in [0.25, 0.3) is 0 Å². The molecule has 3 rings (SSSR count). The number of carbonyl (C=O) groups is 1. The van der Waals surface area contributed by atoms with E-state index in [1.165, 1.54) is 25.4 Å². The zero-order chi connectivity index (χ0) is 23.3. The second kappa shape index (κ2) is 10.0. The molecule has 0 spiro atoms. The normalized spacial score (nSPS) is 12.2. The number of hydrogen-bond acceptors (Lipinski definition) is 8. The number of nitrogens with zero attached hydrogens (tertiary/aromatic N) is 2. The highest BCUT2D eigenvalue weighted by Crippen LogP contribution is 2.30. The van der Waals surface area contributed by atoms with Crippen LogP contribution in [0.4, 0.5) is 11.5 Å². The van der Waals surface area contributed by atoms with E-state index in [1.54, 1.807) is 24.3 Å². The summed E-state index contributed by atoms with van der Waals surface area (Å²) in [4.78, 5) is 21.1. The van der Waals surface area contributed by atoms with Crippen molar-refractivity contribution < 1.29 is 17.9 Å². The molecule has 1 heterocycles. The zero-order valence-corrected chi connectivity index (χ0v) is 19.5. The van der Waals surface area contributed by atoms with Crippen molar-refractivity contribution in [2.75, 3.05) is 18.2 Å². The highest BCUT2D eigenvalue weighted by molar-refractivity contribution is 8.00. The van der Waals surface area contributed by atoms with Crippen molar-refractivity contribution in [1.29, 1.82) is 0 Å². The fourth-order valence-corrected chi connectivity index (χ4v) is 5.07. The number of methoxy groups -OCH3 is 1. The number of nitrogens with one attached hydrogen (secondary N) is 1. The van der Waals surface area contributed by atoms with Crippen LogP contribution in [0.25, 0.3) is 0 Å². The Hall–Kier alpha value is -3.11. The summed E-state index contributed by atoms with van der Waals surface area (Å²) in [5.41, 5.74) is 7.51. The Labute approximate surface area is 191 Å². The van der Waals surface area contributed by atoms with Crippen LogP contribution >= 0.6 is 11.8 Å². The fraction of sp³-hybridized carbons (Fsp3) is 0.227. The van der Waals surface area contributed by atoms with Crippen LogP contribution in [0.15, 0.2) is 69.7 Å². The average molecular weight is 473 g/mol. The van der Waals surface area contributed by atoms with Crippen LogP contribution < -0.4 is 15.8 Å². The van der Waals surface area contributed by atoms with Gasteiger partial charge in [-0.05, 0) is 43.2 Å². The maximum atomic E-state index is 12.9. The number of sulfone groups is 1. The van der Waals surface area contributed by atoms with Crippen molar-refractivity contribution in [2.24, 2.45) is 0 Å². The Bertz CT molecular complexity index is 1220. The number of aromatic nitrogens is 2. The Morgan fingerprint density at radius 1 is 1.22 bits per heavy atom. The molecule has 2 aromatic carbocycles. The Morgan fingerprint density at radius 3 is 2.56 bits per heavy atom. The molecule has 0 aliphatic rings. The summed E-state index contributed by atoms with van der Waals surface area (Å²) in [5.74, 6) is 0.145. The molecule has 3 N–H and O–H groups in total. The maximum absolute atomic E-state index is 12.9. The van der Waals surface area contributed by atoms with Gasteiger partial charge in [-0.15, -0.1) is 0 Å². The van der Waals surface area contributed by atoms with Crippen molar-refractivity contribution in [2.45, 2.75) is 40.5 Å². The van der Waals surface area contributed by atoms with Gasteiger partial charge in [0, 0.05) is 0 Å². The topological polar surface area (TPSA) is 124 Å². The van der Waals surface area contributed by atoms with Crippen molar-refractivity contribution in [3.8, 4) is 5.75 Å². The number of amides is 1. The second-order valence-electron chi connectivity index (χ2n) is 6.93. The molecule has 0 radical (unpaired) electrons. The van der Waals surface area contributed by atoms with Gasteiger partial charge in [0.2, 0.25) is 15.7 Å². The van der Waals surface area contributed by atoms with Gasteiger partial charge in [0.15, 0.2) is 5.16 Å². The van der Waals surface area contributed by atoms with Gasteiger partial charge in [-0.1, -0.05) is 43.0 Å². The third-order valence-corrected chi connectivity index (χ3v) is 7.65. The maximum Gasteiger partial charge on any atom is 0.238 e. The average Bonchev–Trinajstić information content (AvgIpc) is 2.78. The first-order chi connectivity index (χ1) is 15.3. The molecule has 0 aliphatic carbocycles. The largest absolute Gasteiger partial charge is 0.495 e. The van der Waals surface area contributed by atoms with Gasteiger partial charge in [0.1, 0.15) is 16.5 Å². The number of nitrogens with two attached hydrogens (primary N) is 1. The third-order valence-electron chi connectivity index (χ3n) is 4.63. The number of ether oxygens (including phenoxy) is 1. The summed E-state index contributed by atoms with van der Waals surface area (Å²) in [6.45, 7) is 3.78. The summed E-state index contributed by atoms with van der Waals surface area (Å²) < 4.78 is 30.9. The van der Waals surface area contributed by atoms with E-state index in [9.17, 15) is 13.2 Å². The molecule has 0 aliphatic heterocycles. The van der Waals surface area contributed by atoms with Gasteiger partial charge in [-0.2, -0.15) is 0 Å².